The predicted octanol–water partition coefficient (Wildman–Crippen LogP) is 6.80. The number of aliphatic hydroxyl groups excluding tert-OH is 1. The number of unbranched alkanes of at least 4 members (excludes halogenated alkanes) is 2. The van der Waals surface area contributed by atoms with Crippen molar-refractivity contribution < 1.29 is 28.9 Å². The third kappa shape index (κ3) is 6.29. The maximum absolute atomic E-state index is 13.7. The van der Waals surface area contributed by atoms with E-state index in [-0.39, 0.29) is 16.5 Å². The third-order valence-corrected chi connectivity index (χ3v) is 9.38. The van der Waals surface area contributed by atoms with Gasteiger partial charge in [0, 0.05) is 11.3 Å². The molecule has 0 spiro atoms. The number of benzene rings is 3. The first-order valence-corrected chi connectivity index (χ1v) is 16.3. The van der Waals surface area contributed by atoms with Crippen molar-refractivity contribution in [2.75, 3.05) is 24.7 Å². The number of ketones is 1. The van der Waals surface area contributed by atoms with E-state index in [9.17, 15) is 14.7 Å². The van der Waals surface area contributed by atoms with E-state index in [0.29, 0.717) is 58.3 Å². The summed E-state index contributed by atoms with van der Waals surface area (Å²) < 4.78 is 18.0. The summed E-state index contributed by atoms with van der Waals surface area (Å²) in [5.74, 6) is 0.374. The van der Waals surface area contributed by atoms with Gasteiger partial charge in [0.1, 0.15) is 24.7 Å². The molecule has 0 radical (unpaired) electrons. The Labute approximate surface area is 263 Å². The van der Waals surface area contributed by atoms with Crippen molar-refractivity contribution in [1.82, 2.24) is 10.2 Å². The van der Waals surface area contributed by atoms with Crippen LogP contribution in [-0.2, 0) is 15.3 Å². The maximum Gasteiger partial charge on any atom is 0.301 e. The van der Waals surface area contributed by atoms with Crippen LogP contribution >= 0.6 is 23.1 Å². The van der Waals surface area contributed by atoms with E-state index in [2.05, 4.69) is 17.1 Å². The van der Waals surface area contributed by atoms with E-state index in [1.165, 1.54) is 28.0 Å². The van der Waals surface area contributed by atoms with Gasteiger partial charge in [0.2, 0.25) is 5.13 Å². The lowest BCUT2D eigenvalue weighted by Gasteiger charge is -2.23. The van der Waals surface area contributed by atoms with Crippen molar-refractivity contribution in [2.24, 2.45) is 0 Å². The average Bonchev–Trinajstić information content (AvgIpc) is 3.63. The zero-order valence-electron chi connectivity index (χ0n) is 24.1. The molecule has 1 N–H and O–H groups in total. The van der Waals surface area contributed by atoms with Gasteiger partial charge in [-0.15, -0.1) is 10.2 Å². The van der Waals surface area contributed by atoms with Gasteiger partial charge in [0.05, 0.1) is 18.2 Å². The number of hydrogen-bond donors (Lipinski definition) is 1. The second-order valence-electron chi connectivity index (χ2n) is 10.3. The van der Waals surface area contributed by atoms with Crippen LogP contribution in [0, 0.1) is 0 Å². The van der Waals surface area contributed by atoms with Crippen molar-refractivity contribution in [3.8, 4) is 17.2 Å². The fourth-order valence-corrected chi connectivity index (χ4v) is 6.91. The second kappa shape index (κ2) is 13.5. The lowest BCUT2D eigenvalue weighted by atomic mass is 9.95. The van der Waals surface area contributed by atoms with Crippen molar-refractivity contribution >= 4 is 45.7 Å². The van der Waals surface area contributed by atoms with Gasteiger partial charge in [0.15, 0.2) is 15.8 Å². The van der Waals surface area contributed by atoms with Gasteiger partial charge < -0.3 is 19.3 Å². The van der Waals surface area contributed by atoms with Crippen LogP contribution in [0.4, 0.5) is 5.13 Å². The molecule has 0 saturated carbocycles. The Bertz CT molecular complexity index is 1690. The normalized spacial score (nSPS) is 17.2. The molecular weight excluding hydrogens is 599 g/mol. The molecule has 4 aromatic rings. The lowest BCUT2D eigenvalue weighted by molar-refractivity contribution is -0.132. The van der Waals surface area contributed by atoms with Crippen molar-refractivity contribution in [2.45, 2.75) is 42.3 Å². The zero-order valence-corrected chi connectivity index (χ0v) is 25.7. The van der Waals surface area contributed by atoms with Crippen LogP contribution in [0.2, 0.25) is 0 Å². The monoisotopic (exact) mass is 629 g/mol. The van der Waals surface area contributed by atoms with Crippen LogP contribution in [0.5, 0.6) is 17.2 Å². The number of aliphatic hydroxyl groups is 1. The highest BCUT2D eigenvalue weighted by Crippen LogP contribution is 2.45. The van der Waals surface area contributed by atoms with Gasteiger partial charge in [-0.3, -0.25) is 14.5 Å². The smallest absolute Gasteiger partial charge is 0.301 e. The van der Waals surface area contributed by atoms with Crippen LogP contribution in [-0.4, -0.2) is 46.8 Å². The van der Waals surface area contributed by atoms with Crippen LogP contribution < -0.4 is 19.1 Å². The number of nitrogens with zero attached hydrogens (tertiary/aromatic N) is 3. The molecule has 2 aliphatic rings. The summed E-state index contributed by atoms with van der Waals surface area (Å²) in [6, 6.07) is 21.2. The first kappa shape index (κ1) is 29.7. The van der Waals surface area contributed by atoms with Crippen LogP contribution in [0.15, 0.2) is 82.7 Å². The molecule has 1 aromatic heterocycles. The van der Waals surface area contributed by atoms with Gasteiger partial charge in [0.25, 0.3) is 5.78 Å². The molecule has 3 heterocycles. The van der Waals surface area contributed by atoms with Gasteiger partial charge >= 0.3 is 5.91 Å². The minimum atomic E-state index is -0.956. The number of carbonyl (C=O) groups is 2. The number of fused-ring (bicyclic) bond motifs is 1. The number of amides is 1. The largest absolute Gasteiger partial charge is 0.507 e. The Kier molecular flexibility index (Phi) is 9.13. The number of rotatable bonds is 11. The fraction of sp³-hybridized carbons (Fsp3) is 0.273. The van der Waals surface area contributed by atoms with Gasteiger partial charge in [-0.1, -0.05) is 85.3 Å². The predicted molar refractivity (Wildman–Crippen MR) is 170 cm³/mol. The van der Waals surface area contributed by atoms with E-state index in [0.717, 1.165) is 24.8 Å². The summed E-state index contributed by atoms with van der Waals surface area (Å²) in [6.45, 7) is 3.47. The molecule has 0 unspecified atom stereocenters. The molecule has 1 saturated heterocycles. The molecule has 226 valence electrons. The number of ether oxygens (including phenoxy) is 3. The summed E-state index contributed by atoms with van der Waals surface area (Å²) in [7, 11) is 0. The molecule has 11 heteroatoms. The SMILES string of the molecule is CCCCCOc1cccc([C@H]2C(=C(O)c3ccc4c(c3)OCCO4)C(=O)C(=O)N2c2nnc(SCc3ccccc3)s2)c1. The highest BCUT2D eigenvalue weighted by Gasteiger charge is 2.48. The topological polar surface area (TPSA) is 111 Å². The molecule has 1 amide bonds. The quantitative estimate of drug-likeness (QED) is 0.0478. The standard InChI is InChI=1S/C33H31N3O6S2/c1-2-3-7-15-40-24-12-8-11-22(18-24)28-27(29(37)23-13-14-25-26(19-23)42-17-16-41-25)30(38)31(39)36(28)32-34-35-33(44-32)43-20-21-9-5-4-6-10-21/h4-6,8-14,18-19,28,37H,2-3,7,15-17,20H2,1H3/t28-/m0/s1. The minimum Gasteiger partial charge on any atom is -0.507 e. The first-order chi connectivity index (χ1) is 21.5. The number of thioether (sulfide) groups is 1. The average molecular weight is 630 g/mol. The molecule has 44 heavy (non-hydrogen) atoms. The Balaban J connectivity index is 1.38. The Morgan fingerprint density at radius 3 is 2.64 bits per heavy atom. The molecule has 2 aliphatic heterocycles. The van der Waals surface area contributed by atoms with Crippen molar-refractivity contribution in [3.05, 3.63) is 95.1 Å². The van der Waals surface area contributed by atoms with E-state index < -0.39 is 17.7 Å². The van der Waals surface area contributed by atoms with Gasteiger partial charge in [-0.25, -0.2) is 0 Å². The molecule has 0 aliphatic carbocycles. The van der Waals surface area contributed by atoms with E-state index in [1.807, 2.05) is 48.5 Å². The number of aromatic nitrogens is 2. The Hall–Kier alpha value is -4.35. The van der Waals surface area contributed by atoms with Crippen LogP contribution in [0.1, 0.15) is 48.9 Å². The first-order valence-electron chi connectivity index (χ1n) is 14.5. The number of anilines is 1. The second-order valence-corrected chi connectivity index (χ2v) is 12.5. The fourth-order valence-electron chi connectivity index (χ4n) is 5.09. The molecule has 9 nitrogen and oxygen atoms in total. The van der Waals surface area contributed by atoms with Gasteiger partial charge in [-0.2, -0.15) is 0 Å². The number of carbonyl (C=O) groups excluding carboxylic acids is 2. The number of Topliss-reactive ketones (excluding diaryl/α,β-unsaturated/α-hetero) is 1. The summed E-state index contributed by atoms with van der Waals surface area (Å²) >= 11 is 2.73. The summed E-state index contributed by atoms with van der Waals surface area (Å²) in [4.78, 5) is 28.7. The van der Waals surface area contributed by atoms with E-state index in [4.69, 9.17) is 14.2 Å². The van der Waals surface area contributed by atoms with Gasteiger partial charge in [-0.05, 0) is 47.9 Å². The molecule has 3 aromatic carbocycles. The highest BCUT2D eigenvalue weighted by molar-refractivity contribution is 8.00. The van der Waals surface area contributed by atoms with E-state index in [1.54, 1.807) is 24.3 Å². The van der Waals surface area contributed by atoms with E-state index >= 15 is 0 Å². The van der Waals surface area contributed by atoms with Crippen molar-refractivity contribution in [1.29, 1.82) is 0 Å². The summed E-state index contributed by atoms with van der Waals surface area (Å²) in [5.41, 5.74) is 2.01. The number of hydrogen-bond acceptors (Lipinski definition) is 10. The third-order valence-electron chi connectivity index (χ3n) is 7.26. The molecule has 0 bridgehead atoms. The lowest BCUT2D eigenvalue weighted by Crippen LogP contribution is -2.29. The molecule has 1 fully saturated rings. The van der Waals surface area contributed by atoms with Crippen molar-refractivity contribution in [3.63, 3.8) is 0 Å². The zero-order chi connectivity index (χ0) is 30.5. The molecule has 6 rings (SSSR count). The van der Waals surface area contributed by atoms with Crippen LogP contribution in [0.25, 0.3) is 5.76 Å². The Morgan fingerprint density at radius 1 is 1.00 bits per heavy atom. The molecule has 1 atom stereocenters. The highest BCUT2D eigenvalue weighted by atomic mass is 32.2. The summed E-state index contributed by atoms with van der Waals surface area (Å²) in [5, 5.41) is 20.5. The Morgan fingerprint density at radius 2 is 1.82 bits per heavy atom. The summed E-state index contributed by atoms with van der Waals surface area (Å²) in [6.07, 6.45) is 3.04. The maximum atomic E-state index is 13.7. The molecular formula is C33H31N3O6S2. The minimum absolute atomic E-state index is 0.0523. The van der Waals surface area contributed by atoms with Crippen LogP contribution in [0.3, 0.4) is 0 Å².